The number of ketones is 1. The minimum absolute atomic E-state index is 0.240. The summed E-state index contributed by atoms with van der Waals surface area (Å²) in [6.07, 6.45) is 0.765. The lowest BCUT2D eigenvalue weighted by Gasteiger charge is -2.12. The first kappa shape index (κ1) is 16.1. The Bertz CT molecular complexity index is 932. The van der Waals surface area contributed by atoms with E-state index in [1.165, 1.54) is 0 Å². The molecule has 0 bridgehead atoms. The molecule has 1 aromatic carbocycles. The molecule has 0 amide bonds. The highest BCUT2D eigenvalue weighted by atomic mass is 16.5. The number of furan rings is 1. The number of para-hydroxylation sites is 1. The monoisotopic (exact) mass is 325 g/mol. The molecule has 0 fully saturated rings. The maximum absolute atomic E-state index is 12.6. The molecule has 2 heterocycles. The van der Waals surface area contributed by atoms with Crippen molar-refractivity contribution < 1.29 is 18.7 Å². The van der Waals surface area contributed by atoms with Gasteiger partial charge in [-0.2, -0.15) is 0 Å². The summed E-state index contributed by atoms with van der Waals surface area (Å²) >= 11 is 0. The molecule has 0 aliphatic carbocycles. The second-order valence-electron chi connectivity index (χ2n) is 5.87. The molecule has 0 spiro atoms. The Balaban J connectivity index is 1.83. The average Bonchev–Trinajstić information content (AvgIpc) is 3.08. The van der Waals surface area contributed by atoms with Crippen LogP contribution in [-0.2, 0) is 4.74 Å². The number of Topliss-reactive ketones (excluding diaryl/α,β-unsaturated/α-hetero) is 1. The molecule has 0 aliphatic rings. The molecule has 0 radical (unpaired) electrons. The zero-order valence-corrected chi connectivity index (χ0v) is 14.1. The topological polar surface area (TPSA) is 72.3 Å². The number of ether oxygens (including phenoxy) is 1. The molecule has 5 nitrogen and oxygen atoms in total. The number of esters is 1. The van der Waals surface area contributed by atoms with Crippen LogP contribution in [0.15, 0.2) is 34.9 Å². The van der Waals surface area contributed by atoms with Gasteiger partial charge in [0, 0.05) is 28.2 Å². The Morgan fingerprint density at radius 1 is 1.12 bits per heavy atom. The fourth-order valence-electron chi connectivity index (χ4n) is 2.86. The van der Waals surface area contributed by atoms with Crippen LogP contribution in [0.5, 0.6) is 0 Å². The number of nitrogens with one attached hydrogen (secondary N) is 1. The number of benzene rings is 1. The molecule has 124 valence electrons. The van der Waals surface area contributed by atoms with Crippen LogP contribution >= 0.6 is 0 Å². The normalized spacial score (nSPS) is 12.3. The quantitative estimate of drug-likeness (QED) is 0.578. The second-order valence-corrected chi connectivity index (χ2v) is 5.87. The molecule has 0 saturated heterocycles. The minimum atomic E-state index is -0.884. The lowest BCUT2D eigenvalue weighted by Crippen LogP contribution is -2.24. The number of rotatable bonds is 4. The first-order valence-corrected chi connectivity index (χ1v) is 7.78. The van der Waals surface area contributed by atoms with E-state index < -0.39 is 12.1 Å². The van der Waals surface area contributed by atoms with Crippen LogP contribution in [0, 0.1) is 20.8 Å². The first-order chi connectivity index (χ1) is 11.4. The van der Waals surface area contributed by atoms with E-state index in [4.69, 9.17) is 9.15 Å². The van der Waals surface area contributed by atoms with Gasteiger partial charge in [0.25, 0.3) is 0 Å². The van der Waals surface area contributed by atoms with Crippen molar-refractivity contribution in [2.75, 3.05) is 0 Å². The predicted molar refractivity (Wildman–Crippen MR) is 90.4 cm³/mol. The number of H-pyrrole nitrogens is 1. The van der Waals surface area contributed by atoms with Gasteiger partial charge in [0.15, 0.2) is 6.10 Å². The third-order valence-electron chi connectivity index (χ3n) is 4.27. The van der Waals surface area contributed by atoms with E-state index in [9.17, 15) is 9.59 Å². The van der Waals surface area contributed by atoms with Crippen molar-refractivity contribution in [3.63, 3.8) is 0 Å². The van der Waals surface area contributed by atoms with Crippen molar-refractivity contribution in [3.05, 3.63) is 58.7 Å². The average molecular weight is 325 g/mol. The van der Waals surface area contributed by atoms with E-state index in [1.54, 1.807) is 33.9 Å². The highest BCUT2D eigenvalue weighted by molar-refractivity contribution is 6.10. The van der Waals surface area contributed by atoms with E-state index in [2.05, 4.69) is 4.98 Å². The van der Waals surface area contributed by atoms with Gasteiger partial charge in [0.2, 0.25) is 5.78 Å². The molecule has 1 N–H and O–H groups in total. The van der Waals surface area contributed by atoms with Crippen molar-refractivity contribution in [1.82, 2.24) is 4.98 Å². The van der Waals surface area contributed by atoms with Crippen LogP contribution in [0.25, 0.3) is 10.9 Å². The summed E-state index contributed by atoms with van der Waals surface area (Å²) < 4.78 is 10.8. The number of hydrogen-bond donors (Lipinski definition) is 1. The maximum atomic E-state index is 12.6. The van der Waals surface area contributed by atoms with E-state index >= 15 is 0 Å². The Hall–Kier alpha value is -2.82. The van der Waals surface area contributed by atoms with E-state index in [0.717, 1.165) is 16.5 Å². The third-order valence-corrected chi connectivity index (χ3v) is 4.27. The highest BCUT2D eigenvalue weighted by Gasteiger charge is 2.26. The number of carbonyl (C=O) groups excluding carboxylic acids is 2. The number of aromatic amines is 1. The van der Waals surface area contributed by atoms with Crippen LogP contribution in [0.3, 0.4) is 0 Å². The Morgan fingerprint density at radius 2 is 1.83 bits per heavy atom. The van der Waals surface area contributed by atoms with Gasteiger partial charge in [-0.3, -0.25) is 4.79 Å². The molecule has 24 heavy (non-hydrogen) atoms. The van der Waals surface area contributed by atoms with Crippen molar-refractivity contribution >= 4 is 22.7 Å². The molecular weight excluding hydrogens is 306 g/mol. The van der Waals surface area contributed by atoms with Gasteiger partial charge >= 0.3 is 5.97 Å². The zero-order chi connectivity index (χ0) is 17.4. The number of aryl methyl sites for hydroxylation is 2. The van der Waals surface area contributed by atoms with E-state index in [1.807, 2.05) is 24.3 Å². The van der Waals surface area contributed by atoms with Crippen LogP contribution in [0.1, 0.15) is 44.7 Å². The fourth-order valence-corrected chi connectivity index (χ4v) is 2.86. The summed E-state index contributed by atoms with van der Waals surface area (Å²) in [5.74, 6) is 0.399. The lowest BCUT2D eigenvalue weighted by atomic mass is 10.1. The van der Waals surface area contributed by atoms with Crippen molar-refractivity contribution in [3.8, 4) is 0 Å². The minimum Gasteiger partial charge on any atom is -0.465 e. The van der Waals surface area contributed by atoms with Crippen LogP contribution in [-0.4, -0.2) is 22.8 Å². The smallest absolute Gasteiger partial charge is 0.342 e. The largest absolute Gasteiger partial charge is 0.465 e. The summed E-state index contributed by atoms with van der Waals surface area (Å²) in [4.78, 5) is 28.1. The molecule has 0 saturated carbocycles. The first-order valence-electron chi connectivity index (χ1n) is 7.78. The molecule has 0 unspecified atom stereocenters. The molecule has 1 atom stereocenters. The molecule has 2 aromatic heterocycles. The standard InChI is InChI=1S/C19H19NO4/c1-10-11(2)23-12(3)17(10)19(22)24-13(4)18(21)15-9-20-16-8-6-5-7-14(15)16/h5-9,13,20H,1-4H3/t13-/m1/s1. The van der Waals surface area contributed by atoms with E-state index in [-0.39, 0.29) is 5.78 Å². The number of aromatic nitrogens is 1. The van der Waals surface area contributed by atoms with Gasteiger partial charge in [0.1, 0.15) is 17.1 Å². The molecule has 0 aliphatic heterocycles. The summed E-state index contributed by atoms with van der Waals surface area (Å²) in [6, 6.07) is 7.51. The molecule has 3 rings (SSSR count). The van der Waals surface area contributed by atoms with Gasteiger partial charge in [0.05, 0.1) is 0 Å². The van der Waals surface area contributed by atoms with Gasteiger partial charge in [-0.15, -0.1) is 0 Å². The lowest BCUT2D eigenvalue weighted by molar-refractivity contribution is 0.0317. The van der Waals surface area contributed by atoms with E-state index in [0.29, 0.717) is 22.6 Å². The fraction of sp³-hybridized carbons (Fsp3) is 0.263. The van der Waals surface area contributed by atoms with Crippen molar-refractivity contribution in [1.29, 1.82) is 0 Å². The van der Waals surface area contributed by atoms with Gasteiger partial charge in [-0.25, -0.2) is 4.79 Å². The predicted octanol–water partition coefficient (Wildman–Crippen LogP) is 4.11. The summed E-state index contributed by atoms with van der Waals surface area (Å²) in [6.45, 7) is 6.89. The number of hydrogen-bond acceptors (Lipinski definition) is 4. The SMILES string of the molecule is Cc1oc(C)c(C(=O)O[C@H](C)C(=O)c2c[nH]c3ccccc23)c1C. The van der Waals surface area contributed by atoms with Crippen molar-refractivity contribution in [2.24, 2.45) is 0 Å². The number of carbonyl (C=O) groups is 2. The second kappa shape index (κ2) is 6.00. The molecule has 5 heteroatoms. The van der Waals surface area contributed by atoms with Gasteiger partial charge in [-0.05, 0) is 33.8 Å². The number of fused-ring (bicyclic) bond motifs is 1. The zero-order valence-electron chi connectivity index (χ0n) is 14.1. The summed E-state index contributed by atoms with van der Waals surface area (Å²) in [5.41, 5.74) is 2.52. The summed E-state index contributed by atoms with van der Waals surface area (Å²) in [5, 5.41) is 0.817. The Morgan fingerprint density at radius 3 is 2.50 bits per heavy atom. The van der Waals surface area contributed by atoms with Gasteiger partial charge < -0.3 is 14.1 Å². The Labute approximate surface area is 139 Å². The summed E-state index contributed by atoms with van der Waals surface area (Å²) in [7, 11) is 0. The highest BCUT2D eigenvalue weighted by Crippen LogP contribution is 2.24. The molecule has 3 aromatic rings. The third kappa shape index (κ3) is 2.62. The van der Waals surface area contributed by atoms with Gasteiger partial charge in [-0.1, -0.05) is 18.2 Å². The van der Waals surface area contributed by atoms with Crippen LogP contribution in [0.4, 0.5) is 0 Å². The van der Waals surface area contributed by atoms with Crippen molar-refractivity contribution in [2.45, 2.75) is 33.8 Å². The molecular formula is C19H19NO4. The van der Waals surface area contributed by atoms with Crippen LogP contribution in [0.2, 0.25) is 0 Å². The van der Waals surface area contributed by atoms with Crippen LogP contribution < -0.4 is 0 Å². The Kier molecular flexibility index (Phi) is 4.01. The maximum Gasteiger partial charge on any atom is 0.342 e.